The maximum Gasteiger partial charge on any atom is 0.0783 e. The Labute approximate surface area is 106 Å². The molecule has 0 spiro atoms. The normalized spacial score (nSPS) is 19.6. The molecular formula is C14H19BrO. The molecule has 1 nitrogen and oxygen atoms in total. The van der Waals surface area contributed by atoms with Crippen LogP contribution in [0.5, 0.6) is 0 Å². The van der Waals surface area contributed by atoms with Crippen molar-refractivity contribution in [2.24, 2.45) is 0 Å². The van der Waals surface area contributed by atoms with Crippen LogP contribution in [0, 0.1) is 0 Å². The molecule has 1 aliphatic rings. The number of ether oxygens (including phenoxy) is 1. The van der Waals surface area contributed by atoms with Crippen LogP contribution in [-0.4, -0.2) is 10.9 Å². The van der Waals surface area contributed by atoms with Crippen molar-refractivity contribution in [2.75, 3.05) is 5.33 Å². The average Bonchev–Trinajstić information content (AvgIpc) is 2.39. The van der Waals surface area contributed by atoms with Gasteiger partial charge >= 0.3 is 0 Å². The number of hydrogen-bond donors (Lipinski definition) is 0. The Balaban J connectivity index is 1.92. The van der Waals surface area contributed by atoms with Gasteiger partial charge in [-0.3, -0.25) is 0 Å². The fourth-order valence-electron chi connectivity index (χ4n) is 2.32. The minimum absolute atomic E-state index is 0.0914. The molecule has 1 fully saturated rings. The van der Waals surface area contributed by atoms with Gasteiger partial charge < -0.3 is 4.74 Å². The Bertz CT molecular complexity index is 304. The molecule has 0 bridgehead atoms. The van der Waals surface area contributed by atoms with E-state index in [4.69, 9.17) is 4.74 Å². The monoisotopic (exact) mass is 282 g/mol. The van der Waals surface area contributed by atoms with Crippen LogP contribution in [0.1, 0.15) is 37.7 Å². The van der Waals surface area contributed by atoms with Crippen molar-refractivity contribution in [1.29, 1.82) is 0 Å². The van der Waals surface area contributed by atoms with E-state index in [-0.39, 0.29) is 5.60 Å². The molecule has 1 saturated carbocycles. The number of rotatable bonds is 4. The van der Waals surface area contributed by atoms with Gasteiger partial charge in [-0.2, -0.15) is 0 Å². The van der Waals surface area contributed by atoms with Crippen LogP contribution < -0.4 is 0 Å². The van der Waals surface area contributed by atoms with Gasteiger partial charge in [-0.05, 0) is 18.4 Å². The molecule has 1 aromatic carbocycles. The van der Waals surface area contributed by atoms with Crippen molar-refractivity contribution in [3.05, 3.63) is 35.9 Å². The molecular weight excluding hydrogens is 264 g/mol. The van der Waals surface area contributed by atoms with Crippen LogP contribution in [-0.2, 0) is 11.3 Å². The third-order valence-electron chi connectivity index (χ3n) is 3.40. The van der Waals surface area contributed by atoms with Crippen molar-refractivity contribution in [3.8, 4) is 0 Å². The van der Waals surface area contributed by atoms with Gasteiger partial charge in [0.15, 0.2) is 0 Å². The molecule has 16 heavy (non-hydrogen) atoms. The van der Waals surface area contributed by atoms with Crippen molar-refractivity contribution < 1.29 is 4.74 Å². The molecule has 0 N–H and O–H groups in total. The number of hydrogen-bond acceptors (Lipinski definition) is 1. The maximum absolute atomic E-state index is 6.16. The van der Waals surface area contributed by atoms with E-state index < -0.39 is 0 Å². The first-order valence-electron chi connectivity index (χ1n) is 6.08. The van der Waals surface area contributed by atoms with E-state index in [1.165, 1.54) is 37.7 Å². The highest BCUT2D eigenvalue weighted by Crippen LogP contribution is 2.33. The van der Waals surface area contributed by atoms with Gasteiger partial charge in [0.25, 0.3) is 0 Å². The summed E-state index contributed by atoms with van der Waals surface area (Å²) in [6, 6.07) is 10.4. The van der Waals surface area contributed by atoms with Crippen LogP contribution in [0.2, 0.25) is 0 Å². The smallest absolute Gasteiger partial charge is 0.0783 e. The zero-order valence-electron chi connectivity index (χ0n) is 9.62. The van der Waals surface area contributed by atoms with Gasteiger partial charge in [0.2, 0.25) is 0 Å². The second-order valence-electron chi connectivity index (χ2n) is 4.65. The average molecular weight is 283 g/mol. The van der Waals surface area contributed by atoms with Crippen LogP contribution in [0.15, 0.2) is 30.3 Å². The summed E-state index contributed by atoms with van der Waals surface area (Å²) < 4.78 is 6.16. The van der Waals surface area contributed by atoms with Crippen molar-refractivity contribution in [2.45, 2.75) is 44.3 Å². The van der Waals surface area contributed by atoms with E-state index in [2.05, 4.69) is 40.2 Å². The predicted octanol–water partition coefficient (Wildman–Crippen LogP) is 4.30. The van der Waals surface area contributed by atoms with Crippen LogP contribution in [0.4, 0.5) is 0 Å². The second kappa shape index (κ2) is 5.83. The minimum Gasteiger partial charge on any atom is -0.369 e. The summed E-state index contributed by atoms with van der Waals surface area (Å²) in [6.45, 7) is 0.742. The molecule has 2 heteroatoms. The fourth-order valence-corrected chi connectivity index (χ4v) is 3.05. The molecule has 0 amide bonds. The van der Waals surface area contributed by atoms with Gasteiger partial charge in [-0.25, -0.2) is 0 Å². The first-order valence-corrected chi connectivity index (χ1v) is 7.21. The van der Waals surface area contributed by atoms with Crippen molar-refractivity contribution in [3.63, 3.8) is 0 Å². The summed E-state index contributed by atoms with van der Waals surface area (Å²) in [7, 11) is 0. The molecule has 1 aliphatic carbocycles. The molecule has 0 aromatic heterocycles. The topological polar surface area (TPSA) is 9.23 Å². The molecule has 0 radical (unpaired) electrons. The predicted molar refractivity (Wildman–Crippen MR) is 70.8 cm³/mol. The third-order valence-corrected chi connectivity index (χ3v) is 4.42. The highest BCUT2D eigenvalue weighted by Gasteiger charge is 2.31. The van der Waals surface area contributed by atoms with Gasteiger partial charge in [-0.15, -0.1) is 0 Å². The van der Waals surface area contributed by atoms with Gasteiger partial charge in [0, 0.05) is 5.33 Å². The third kappa shape index (κ3) is 3.08. The molecule has 0 heterocycles. The lowest BCUT2D eigenvalue weighted by Gasteiger charge is -2.35. The molecule has 1 aromatic rings. The first-order chi connectivity index (χ1) is 7.85. The summed E-state index contributed by atoms with van der Waals surface area (Å²) in [5.74, 6) is 0. The summed E-state index contributed by atoms with van der Waals surface area (Å²) in [6.07, 6.45) is 6.38. The van der Waals surface area contributed by atoms with Gasteiger partial charge in [0.05, 0.1) is 12.2 Å². The van der Waals surface area contributed by atoms with E-state index in [0.717, 1.165) is 11.9 Å². The van der Waals surface area contributed by atoms with Crippen molar-refractivity contribution >= 4 is 15.9 Å². The molecule has 0 saturated heterocycles. The molecule has 2 rings (SSSR count). The quantitative estimate of drug-likeness (QED) is 0.748. The lowest BCUT2D eigenvalue weighted by molar-refractivity contribution is -0.0619. The Morgan fingerprint density at radius 2 is 1.75 bits per heavy atom. The van der Waals surface area contributed by atoms with E-state index >= 15 is 0 Å². The summed E-state index contributed by atoms with van der Waals surface area (Å²) >= 11 is 3.62. The Kier molecular flexibility index (Phi) is 4.42. The number of alkyl halides is 1. The standard InChI is InChI=1S/C14H19BrO/c15-12-14(9-5-2-6-10-14)16-11-13-7-3-1-4-8-13/h1,3-4,7-8H,2,5-6,9-12H2. The first kappa shape index (κ1) is 12.1. The van der Waals surface area contributed by atoms with Crippen LogP contribution >= 0.6 is 15.9 Å². The SMILES string of the molecule is BrCC1(OCc2ccccc2)CCCCC1. The molecule has 0 atom stereocenters. The lowest BCUT2D eigenvalue weighted by atomic mass is 9.86. The Hall–Kier alpha value is -0.340. The van der Waals surface area contributed by atoms with Crippen molar-refractivity contribution in [1.82, 2.24) is 0 Å². The summed E-state index contributed by atoms with van der Waals surface area (Å²) in [5.41, 5.74) is 1.36. The Morgan fingerprint density at radius 1 is 1.06 bits per heavy atom. The van der Waals surface area contributed by atoms with E-state index in [1.807, 2.05) is 6.07 Å². The zero-order chi connectivity index (χ0) is 11.3. The summed E-state index contributed by atoms with van der Waals surface area (Å²) in [5, 5.41) is 0.965. The Morgan fingerprint density at radius 3 is 2.38 bits per heavy atom. The van der Waals surface area contributed by atoms with E-state index in [1.54, 1.807) is 0 Å². The highest BCUT2D eigenvalue weighted by molar-refractivity contribution is 9.09. The maximum atomic E-state index is 6.16. The van der Waals surface area contributed by atoms with Gasteiger partial charge in [-0.1, -0.05) is 65.5 Å². The molecule has 0 aliphatic heterocycles. The highest BCUT2D eigenvalue weighted by atomic mass is 79.9. The fraction of sp³-hybridized carbons (Fsp3) is 0.571. The molecule has 88 valence electrons. The van der Waals surface area contributed by atoms with Crippen LogP contribution in [0.3, 0.4) is 0 Å². The van der Waals surface area contributed by atoms with Gasteiger partial charge in [0.1, 0.15) is 0 Å². The second-order valence-corrected chi connectivity index (χ2v) is 5.21. The van der Waals surface area contributed by atoms with E-state index in [9.17, 15) is 0 Å². The lowest BCUT2D eigenvalue weighted by Crippen LogP contribution is -2.36. The van der Waals surface area contributed by atoms with E-state index in [0.29, 0.717) is 0 Å². The zero-order valence-corrected chi connectivity index (χ0v) is 11.2. The summed E-state index contributed by atoms with van der Waals surface area (Å²) in [4.78, 5) is 0. The molecule has 0 unspecified atom stereocenters. The minimum atomic E-state index is 0.0914. The number of benzene rings is 1. The van der Waals surface area contributed by atoms with Crippen LogP contribution in [0.25, 0.3) is 0 Å². The number of halogens is 1. The largest absolute Gasteiger partial charge is 0.369 e.